The van der Waals surface area contributed by atoms with E-state index in [9.17, 15) is 19.1 Å². The van der Waals surface area contributed by atoms with E-state index in [2.05, 4.69) is 15.0 Å². The summed E-state index contributed by atoms with van der Waals surface area (Å²) in [6, 6.07) is 14.9. The maximum Gasteiger partial charge on any atom is 0.328 e. The molecule has 2 aromatic heterocycles. The summed E-state index contributed by atoms with van der Waals surface area (Å²) in [5, 5.41) is 9.92. The van der Waals surface area contributed by atoms with Crippen LogP contribution in [-0.4, -0.2) is 43.1 Å². The Morgan fingerprint density at radius 1 is 1.11 bits per heavy atom. The number of aliphatic carboxylic acids is 1. The number of aliphatic imine (C=N–C) groups is 1. The number of fused-ring (bicyclic) bond motifs is 1. The molecule has 0 unspecified atom stereocenters. The van der Waals surface area contributed by atoms with Crippen molar-refractivity contribution in [1.29, 1.82) is 0 Å². The Hall–Kier alpha value is -4.20. The fourth-order valence-electron chi connectivity index (χ4n) is 5.82. The Morgan fingerprint density at radius 2 is 1.89 bits per heavy atom. The molecule has 1 atom stereocenters. The van der Waals surface area contributed by atoms with Gasteiger partial charge in [-0.2, -0.15) is 0 Å². The lowest BCUT2D eigenvalue weighted by Gasteiger charge is -2.44. The Kier molecular flexibility index (Phi) is 6.10. The number of aromatic nitrogens is 3. The third-order valence-electron chi connectivity index (χ3n) is 7.88. The summed E-state index contributed by atoms with van der Waals surface area (Å²) in [5.41, 5.74) is 3.96. The van der Waals surface area contributed by atoms with Crippen molar-refractivity contribution in [2.24, 2.45) is 10.4 Å². The van der Waals surface area contributed by atoms with Gasteiger partial charge in [-0.3, -0.25) is 19.3 Å². The first kappa shape index (κ1) is 24.2. The van der Waals surface area contributed by atoms with Gasteiger partial charge < -0.3 is 5.11 Å². The average molecular weight is 511 g/mol. The lowest BCUT2D eigenvalue weighted by atomic mass is 9.58. The molecule has 2 heterocycles. The highest BCUT2D eigenvalue weighted by molar-refractivity contribution is 6.27. The van der Waals surface area contributed by atoms with Gasteiger partial charge in [-0.1, -0.05) is 31.4 Å². The summed E-state index contributed by atoms with van der Waals surface area (Å²) >= 11 is 0. The number of halogens is 1. The predicted octanol–water partition coefficient (Wildman–Crippen LogP) is 5.59. The molecule has 38 heavy (non-hydrogen) atoms. The van der Waals surface area contributed by atoms with Gasteiger partial charge in [0.25, 0.3) is 0 Å². The van der Waals surface area contributed by atoms with Gasteiger partial charge in [0.2, 0.25) is 0 Å². The van der Waals surface area contributed by atoms with E-state index in [-0.39, 0.29) is 24.4 Å². The third-order valence-corrected chi connectivity index (χ3v) is 7.88. The molecule has 0 radical (unpaired) electrons. The average Bonchev–Trinajstić information content (AvgIpc) is 3.32. The number of ketones is 1. The zero-order valence-electron chi connectivity index (χ0n) is 20.8. The van der Waals surface area contributed by atoms with Crippen molar-refractivity contribution in [3.63, 3.8) is 0 Å². The quantitative estimate of drug-likeness (QED) is 0.365. The molecule has 7 nitrogen and oxygen atoms in total. The van der Waals surface area contributed by atoms with Gasteiger partial charge >= 0.3 is 5.97 Å². The van der Waals surface area contributed by atoms with Gasteiger partial charge in [-0.15, -0.1) is 0 Å². The number of carboxylic acid groups (broad SMARTS) is 1. The zero-order valence-corrected chi connectivity index (χ0v) is 20.8. The van der Waals surface area contributed by atoms with Crippen molar-refractivity contribution in [1.82, 2.24) is 14.5 Å². The predicted molar refractivity (Wildman–Crippen MR) is 142 cm³/mol. The minimum atomic E-state index is -0.992. The number of nitrogens with zero attached hydrogens (tertiary/aromatic N) is 4. The molecule has 2 aliphatic rings. The number of Topliss-reactive ketones (excluding diaryl/α,β-unsaturated/α-hetero) is 1. The van der Waals surface area contributed by atoms with E-state index in [0.29, 0.717) is 11.3 Å². The van der Waals surface area contributed by atoms with Gasteiger partial charge in [0.15, 0.2) is 6.04 Å². The molecule has 6 rings (SSSR count). The molecule has 2 aromatic carbocycles. The molecule has 4 aromatic rings. The number of carbonyl (C=O) groups is 2. The highest BCUT2D eigenvalue weighted by Crippen LogP contribution is 2.47. The van der Waals surface area contributed by atoms with Gasteiger partial charge in [-0.25, -0.2) is 14.2 Å². The van der Waals surface area contributed by atoms with Crippen molar-refractivity contribution < 1.29 is 19.1 Å². The summed E-state index contributed by atoms with van der Waals surface area (Å²) in [6.45, 7) is 0. The number of benzene rings is 2. The molecule has 2 saturated carbocycles. The van der Waals surface area contributed by atoms with Crippen LogP contribution in [0.25, 0.3) is 28.1 Å². The van der Waals surface area contributed by atoms with Crippen molar-refractivity contribution >= 4 is 28.5 Å². The number of pyridine rings is 1. The van der Waals surface area contributed by atoms with E-state index in [1.807, 2.05) is 41.0 Å². The van der Waals surface area contributed by atoms with Crippen molar-refractivity contribution in [3.8, 4) is 17.1 Å². The molecule has 0 aliphatic heterocycles. The van der Waals surface area contributed by atoms with E-state index in [1.165, 1.54) is 12.1 Å². The number of carboxylic acids is 1. The van der Waals surface area contributed by atoms with Crippen molar-refractivity contribution in [2.45, 2.75) is 51.0 Å². The first-order valence-electron chi connectivity index (χ1n) is 13.0. The third kappa shape index (κ3) is 4.20. The van der Waals surface area contributed by atoms with E-state index in [1.54, 1.807) is 18.5 Å². The van der Waals surface area contributed by atoms with Gasteiger partial charge in [0, 0.05) is 48.3 Å². The SMILES string of the molecule is O=C(O)[C@H](Cc1ccc(-n2c(-c3cccnc3)nc3cc(F)ccc32)cc1)N=C1CC(=O)C12CCCCC2. The second-order valence-corrected chi connectivity index (χ2v) is 10.2. The topological polar surface area (TPSA) is 97.4 Å². The summed E-state index contributed by atoms with van der Waals surface area (Å²) in [7, 11) is 0. The monoisotopic (exact) mass is 510 g/mol. The van der Waals surface area contributed by atoms with Crippen LogP contribution in [0.4, 0.5) is 4.39 Å². The van der Waals surface area contributed by atoms with Gasteiger partial charge in [0.05, 0.1) is 16.4 Å². The Labute approximate surface area is 219 Å². The normalized spacial score (nSPS) is 18.6. The summed E-state index contributed by atoms with van der Waals surface area (Å²) in [5.74, 6) is -0.511. The molecule has 192 valence electrons. The first-order valence-corrected chi connectivity index (χ1v) is 13.0. The zero-order chi connectivity index (χ0) is 26.3. The maximum absolute atomic E-state index is 13.9. The number of carbonyl (C=O) groups excluding carboxylic acids is 1. The smallest absolute Gasteiger partial charge is 0.328 e. The van der Waals surface area contributed by atoms with Crippen LogP contribution in [0.5, 0.6) is 0 Å². The first-order chi connectivity index (χ1) is 18.4. The van der Waals surface area contributed by atoms with Crippen molar-refractivity contribution in [3.05, 3.63) is 78.4 Å². The van der Waals surface area contributed by atoms with Crippen LogP contribution >= 0.6 is 0 Å². The Balaban J connectivity index is 1.31. The molecule has 8 heteroatoms. The Bertz CT molecular complexity index is 1550. The number of hydrogen-bond acceptors (Lipinski definition) is 5. The molecule has 2 fully saturated rings. The van der Waals surface area contributed by atoms with Crippen LogP contribution in [0, 0.1) is 11.2 Å². The Morgan fingerprint density at radius 3 is 2.58 bits per heavy atom. The van der Waals surface area contributed by atoms with E-state index in [0.717, 1.165) is 60.1 Å². The molecule has 2 aliphatic carbocycles. The van der Waals surface area contributed by atoms with E-state index < -0.39 is 17.4 Å². The summed E-state index contributed by atoms with van der Waals surface area (Å²) in [4.78, 5) is 38.1. The summed E-state index contributed by atoms with van der Waals surface area (Å²) in [6.07, 6.45) is 8.55. The van der Waals surface area contributed by atoms with E-state index in [4.69, 9.17) is 0 Å². The number of rotatable bonds is 6. The number of imidazole rings is 1. The highest BCUT2D eigenvalue weighted by Gasteiger charge is 2.52. The van der Waals surface area contributed by atoms with Crippen molar-refractivity contribution in [2.75, 3.05) is 0 Å². The van der Waals surface area contributed by atoms with Crippen LogP contribution < -0.4 is 0 Å². The minimum absolute atomic E-state index is 0.210. The molecule has 1 spiro atoms. The number of hydrogen-bond donors (Lipinski definition) is 1. The van der Waals surface area contributed by atoms with E-state index >= 15 is 0 Å². The summed E-state index contributed by atoms with van der Waals surface area (Å²) < 4.78 is 15.9. The fourth-order valence-corrected chi connectivity index (χ4v) is 5.82. The van der Waals surface area contributed by atoms with Gasteiger partial charge in [0.1, 0.15) is 17.4 Å². The molecule has 0 saturated heterocycles. The minimum Gasteiger partial charge on any atom is -0.480 e. The molecular weight excluding hydrogens is 483 g/mol. The molecule has 0 amide bonds. The molecule has 1 N–H and O–H groups in total. The van der Waals surface area contributed by atoms with Crippen LogP contribution in [0.2, 0.25) is 0 Å². The second-order valence-electron chi connectivity index (χ2n) is 10.2. The lowest BCUT2D eigenvalue weighted by Crippen LogP contribution is -2.52. The lowest BCUT2D eigenvalue weighted by molar-refractivity contribution is -0.138. The maximum atomic E-state index is 13.9. The largest absolute Gasteiger partial charge is 0.480 e. The molecule has 0 bridgehead atoms. The van der Waals surface area contributed by atoms with Crippen LogP contribution in [0.15, 0.2) is 72.0 Å². The fraction of sp³-hybridized carbons (Fsp3) is 0.300. The van der Waals surface area contributed by atoms with Crippen LogP contribution in [-0.2, 0) is 16.0 Å². The van der Waals surface area contributed by atoms with Crippen LogP contribution in [0.3, 0.4) is 0 Å². The van der Waals surface area contributed by atoms with Crippen LogP contribution in [0.1, 0.15) is 44.1 Å². The highest BCUT2D eigenvalue weighted by atomic mass is 19.1. The van der Waals surface area contributed by atoms with Gasteiger partial charge in [-0.05, 0) is 54.8 Å². The standard InChI is InChI=1S/C30H27FN4O3/c31-21-8-11-25-23(16-21)34-28(20-5-4-14-32-18-20)35(25)22-9-6-19(7-10-22)15-24(29(37)38)33-26-17-27(36)30(26)12-2-1-3-13-30/h4-11,14,16,18,24H,1-3,12-13,15,17H2,(H,37,38)/t24-/m0/s1. The molecular formula is C30H27FN4O3. The second kappa shape index (κ2) is 9.59.